The second-order valence-electron chi connectivity index (χ2n) is 6.70. The van der Waals surface area contributed by atoms with E-state index in [0.29, 0.717) is 17.8 Å². The minimum atomic E-state index is -2.88. The molecule has 3 aromatic rings. The van der Waals surface area contributed by atoms with Gasteiger partial charge in [-0.25, -0.2) is 9.48 Å². The Hall–Kier alpha value is -3.46. The summed E-state index contributed by atoms with van der Waals surface area (Å²) in [5.74, 6) is -1.18. The van der Waals surface area contributed by atoms with Crippen molar-refractivity contribution in [2.24, 2.45) is 0 Å². The number of benzene rings is 2. The summed E-state index contributed by atoms with van der Waals surface area (Å²) in [6, 6.07) is 15.2. The van der Waals surface area contributed by atoms with Crippen LogP contribution >= 0.6 is 11.6 Å². The molecule has 0 aliphatic rings. The number of hydrogen-bond donors (Lipinski definition) is 1. The van der Waals surface area contributed by atoms with Crippen LogP contribution in [-0.2, 0) is 16.0 Å². The highest BCUT2D eigenvalue weighted by Gasteiger charge is 2.23. The zero-order valence-corrected chi connectivity index (χ0v) is 17.8. The van der Waals surface area contributed by atoms with E-state index in [4.69, 9.17) is 16.3 Å². The van der Waals surface area contributed by atoms with Gasteiger partial charge in [-0.3, -0.25) is 4.79 Å². The molecule has 1 N–H and O–H groups in total. The van der Waals surface area contributed by atoms with E-state index >= 15 is 0 Å². The first-order valence-corrected chi connectivity index (χ1v) is 10.0. The zero-order chi connectivity index (χ0) is 23.1. The monoisotopic (exact) mass is 463 g/mol. The number of aryl methyl sites for hydroxylation is 1. The van der Waals surface area contributed by atoms with Gasteiger partial charge in [-0.2, -0.15) is 13.9 Å². The van der Waals surface area contributed by atoms with Crippen LogP contribution in [0.4, 0.5) is 8.78 Å². The van der Waals surface area contributed by atoms with Crippen LogP contribution in [0.5, 0.6) is 5.75 Å². The van der Waals surface area contributed by atoms with Crippen LogP contribution in [0.3, 0.4) is 0 Å². The maximum Gasteiger partial charge on any atom is 0.387 e. The Kier molecular flexibility index (Phi) is 7.77. The fourth-order valence-corrected chi connectivity index (χ4v) is 3.26. The lowest BCUT2D eigenvalue weighted by Gasteiger charge is -2.08. The maximum atomic E-state index is 12.4. The van der Waals surface area contributed by atoms with Crippen LogP contribution in [-0.4, -0.2) is 41.4 Å². The molecule has 168 valence electrons. The van der Waals surface area contributed by atoms with E-state index in [-0.39, 0.29) is 23.0 Å². The molecule has 1 amide bonds. The molecule has 32 heavy (non-hydrogen) atoms. The van der Waals surface area contributed by atoms with Gasteiger partial charge in [0.05, 0.1) is 11.4 Å². The number of amides is 1. The number of para-hydroxylation sites is 1. The predicted molar refractivity (Wildman–Crippen MR) is 113 cm³/mol. The third-order valence-electron chi connectivity index (χ3n) is 4.43. The SMILES string of the molecule is Cc1nn(-c2ccccc2)c(Cl)c1C(=O)OCC(=O)NCCc1ccc(OC(F)F)cc1. The molecule has 0 radical (unpaired) electrons. The number of esters is 1. The molecule has 0 saturated carbocycles. The third-order valence-corrected chi connectivity index (χ3v) is 4.78. The Morgan fingerprint density at radius 1 is 1.12 bits per heavy atom. The molecule has 0 unspecified atom stereocenters. The molecular weight excluding hydrogens is 444 g/mol. The normalized spacial score (nSPS) is 10.8. The van der Waals surface area contributed by atoms with Crippen LogP contribution in [0.15, 0.2) is 54.6 Å². The molecule has 7 nitrogen and oxygen atoms in total. The van der Waals surface area contributed by atoms with Crippen LogP contribution in [0.25, 0.3) is 5.69 Å². The van der Waals surface area contributed by atoms with Crippen molar-refractivity contribution in [3.8, 4) is 11.4 Å². The summed E-state index contributed by atoms with van der Waals surface area (Å²) in [7, 11) is 0. The van der Waals surface area contributed by atoms with Gasteiger partial charge < -0.3 is 14.8 Å². The molecule has 0 saturated heterocycles. The summed E-state index contributed by atoms with van der Waals surface area (Å²) in [5, 5.41) is 6.99. The van der Waals surface area contributed by atoms with E-state index in [1.807, 2.05) is 18.2 Å². The van der Waals surface area contributed by atoms with Crippen molar-refractivity contribution in [1.29, 1.82) is 0 Å². The number of halogens is 3. The summed E-state index contributed by atoms with van der Waals surface area (Å²) in [6.45, 7) is -1.46. The molecule has 0 aliphatic carbocycles. The maximum absolute atomic E-state index is 12.4. The van der Waals surface area contributed by atoms with Crippen LogP contribution < -0.4 is 10.1 Å². The molecule has 10 heteroatoms. The average molecular weight is 464 g/mol. The third kappa shape index (κ3) is 6.04. The van der Waals surface area contributed by atoms with Gasteiger partial charge in [-0.1, -0.05) is 41.9 Å². The largest absolute Gasteiger partial charge is 0.452 e. The van der Waals surface area contributed by atoms with Crippen molar-refractivity contribution in [3.63, 3.8) is 0 Å². The molecule has 0 atom stereocenters. The van der Waals surface area contributed by atoms with Crippen LogP contribution in [0.2, 0.25) is 5.15 Å². The highest BCUT2D eigenvalue weighted by Crippen LogP contribution is 2.24. The molecule has 3 rings (SSSR count). The highest BCUT2D eigenvalue weighted by atomic mass is 35.5. The predicted octanol–water partition coefficient (Wildman–Crippen LogP) is 3.95. The van der Waals surface area contributed by atoms with Gasteiger partial charge in [-0.15, -0.1) is 0 Å². The number of carbonyl (C=O) groups excluding carboxylic acids is 2. The van der Waals surface area contributed by atoms with Gasteiger partial charge in [0.1, 0.15) is 16.5 Å². The highest BCUT2D eigenvalue weighted by molar-refractivity contribution is 6.33. The summed E-state index contributed by atoms with van der Waals surface area (Å²) in [5.41, 5.74) is 1.98. The first kappa shape index (κ1) is 23.2. The lowest BCUT2D eigenvalue weighted by molar-refractivity contribution is -0.124. The van der Waals surface area contributed by atoms with E-state index in [1.165, 1.54) is 16.8 Å². The number of alkyl halides is 2. The summed E-state index contributed by atoms with van der Waals surface area (Å²) >= 11 is 6.31. The van der Waals surface area contributed by atoms with Crippen molar-refractivity contribution < 1.29 is 27.8 Å². The summed E-state index contributed by atoms with van der Waals surface area (Å²) in [4.78, 5) is 24.4. The quantitative estimate of drug-likeness (QED) is 0.486. The molecule has 1 aromatic heterocycles. The Morgan fingerprint density at radius 2 is 1.81 bits per heavy atom. The lowest BCUT2D eigenvalue weighted by Crippen LogP contribution is -2.30. The van der Waals surface area contributed by atoms with E-state index < -0.39 is 25.1 Å². The van der Waals surface area contributed by atoms with Gasteiger partial charge in [-0.05, 0) is 43.2 Å². The minimum Gasteiger partial charge on any atom is -0.452 e. The van der Waals surface area contributed by atoms with Crippen molar-refractivity contribution in [2.45, 2.75) is 20.0 Å². The average Bonchev–Trinajstić information content (AvgIpc) is 3.07. The number of nitrogens with zero attached hydrogens (tertiary/aromatic N) is 2. The molecule has 0 spiro atoms. The second-order valence-corrected chi connectivity index (χ2v) is 7.06. The molecular formula is C22H20ClF2N3O4. The number of nitrogens with one attached hydrogen (secondary N) is 1. The minimum absolute atomic E-state index is 0.0595. The number of ether oxygens (including phenoxy) is 2. The number of hydrogen-bond acceptors (Lipinski definition) is 5. The molecule has 0 fully saturated rings. The van der Waals surface area contributed by atoms with Crippen molar-refractivity contribution in [2.75, 3.05) is 13.2 Å². The standard InChI is InChI=1S/C22H20ClF2N3O4/c1-14-19(20(23)28(27-14)16-5-3-2-4-6-16)21(30)31-13-18(29)26-12-11-15-7-9-17(10-8-15)32-22(24)25/h2-10,22H,11-13H2,1H3,(H,26,29). The number of aromatic nitrogens is 2. The van der Waals surface area contributed by atoms with Crippen LogP contribution in [0, 0.1) is 6.92 Å². The topological polar surface area (TPSA) is 82.5 Å². The first-order valence-electron chi connectivity index (χ1n) is 9.63. The van der Waals surface area contributed by atoms with Gasteiger partial charge in [0.25, 0.3) is 5.91 Å². The van der Waals surface area contributed by atoms with Crippen molar-refractivity contribution >= 4 is 23.5 Å². The Morgan fingerprint density at radius 3 is 2.47 bits per heavy atom. The van der Waals surface area contributed by atoms with Gasteiger partial charge in [0.2, 0.25) is 0 Å². The van der Waals surface area contributed by atoms with Gasteiger partial charge in [0, 0.05) is 6.54 Å². The second kappa shape index (κ2) is 10.7. The van der Waals surface area contributed by atoms with E-state index in [2.05, 4.69) is 15.2 Å². The molecule has 0 aliphatic heterocycles. The summed E-state index contributed by atoms with van der Waals surface area (Å²) in [6.07, 6.45) is 0.462. The fourth-order valence-electron chi connectivity index (χ4n) is 2.91. The van der Waals surface area contributed by atoms with E-state index in [0.717, 1.165) is 5.56 Å². The Labute approximate surface area is 187 Å². The zero-order valence-electron chi connectivity index (χ0n) is 17.1. The first-order chi connectivity index (χ1) is 15.3. The smallest absolute Gasteiger partial charge is 0.387 e. The van der Waals surface area contributed by atoms with Crippen molar-refractivity contribution in [1.82, 2.24) is 15.1 Å². The van der Waals surface area contributed by atoms with Gasteiger partial charge >= 0.3 is 12.6 Å². The number of rotatable bonds is 9. The lowest BCUT2D eigenvalue weighted by atomic mass is 10.1. The van der Waals surface area contributed by atoms with Crippen molar-refractivity contribution in [3.05, 3.63) is 76.6 Å². The Bertz CT molecular complexity index is 1070. The number of carbonyl (C=O) groups is 2. The molecule has 0 bridgehead atoms. The summed E-state index contributed by atoms with van der Waals surface area (Å²) < 4.78 is 35.1. The molecule has 2 aromatic carbocycles. The van der Waals surface area contributed by atoms with Gasteiger partial charge in [0.15, 0.2) is 6.61 Å². The van der Waals surface area contributed by atoms with Crippen LogP contribution in [0.1, 0.15) is 21.6 Å². The Balaban J connectivity index is 1.48. The van der Waals surface area contributed by atoms with E-state index in [1.54, 1.807) is 31.2 Å². The molecule has 1 heterocycles. The fraction of sp³-hybridized carbons (Fsp3) is 0.227. The van der Waals surface area contributed by atoms with E-state index in [9.17, 15) is 18.4 Å².